The van der Waals surface area contributed by atoms with E-state index in [0.717, 1.165) is 18.2 Å². The summed E-state index contributed by atoms with van der Waals surface area (Å²) in [7, 11) is 0. The third-order valence-corrected chi connectivity index (χ3v) is 2.82. The van der Waals surface area contributed by atoms with Crippen LogP contribution in [0.2, 0.25) is 5.02 Å². The number of carbonyl (C=O) groups is 1. The molecule has 0 aromatic heterocycles. The third kappa shape index (κ3) is 2.85. The molecule has 0 aliphatic carbocycles. The number of rotatable bonds is 2. The van der Waals surface area contributed by atoms with Crippen molar-refractivity contribution in [1.29, 1.82) is 0 Å². The molecule has 1 amide bonds. The number of anilines is 2. The summed E-state index contributed by atoms with van der Waals surface area (Å²) in [6.07, 6.45) is 0. The smallest absolute Gasteiger partial charge is 0.258 e. The quantitative estimate of drug-likeness (QED) is 0.833. The van der Waals surface area contributed by atoms with Gasteiger partial charge in [-0.2, -0.15) is 0 Å². The van der Waals surface area contributed by atoms with Gasteiger partial charge in [0.25, 0.3) is 5.91 Å². The molecule has 0 saturated heterocycles. The van der Waals surface area contributed by atoms with Crippen molar-refractivity contribution in [3.05, 3.63) is 58.4 Å². The second kappa shape index (κ2) is 5.42. The number of carbonyl (C=O) groups excluding carboxylic acids is 1. The first-order chi connectivity index (χ1) is 9.38. The van der Waals surface area contributed by atoms with Crippen LogP contribution in [0.5, 0.6) is 0 Å². The van der Waals surface area contributed by atoms with Crippen LogP contribution in [-0.2, 0) is 0 Å². The first-order valence-electron chi connectivity index (χ1n) is 5.39. The van der Waals surface area contributed by atoms with Crippen molar-refractivity contribution < 1.29 is 18.0 Å². The highest BCUT2D eigenvalue weighted by Gasteiger charge is 2.16. The van der Waals surface area contributed by atoms with Gasteiger partial charge in [0.1, 0.15) is 17.5 Å². The minimum Gasteiger partial charge on any atom is -0.396 e. The van der Waals surface area contributed by atoms with Crippen molar-refractivity contribution in [2.45, 2.75) is 0 Å². The van der Waals surface area contributed by atoms with Gasteiger partial charge < -0.3 is 11.1 Å². The molecule has 0 bridgehead atoms. The van der Waals surface area contributed by atoms with Crippen molar-refractivity contribution in [2.24, 2.45) is 0 Å². The van der Waals surface area contributed by atoms with Crippen LogP contribution >= 0.6 is 11.6 Å². The van der Waals surface area contributed by atoms with E-state index in [0.29, 0.717) is 6.07 Å². The van der Waals surface area contributed by atoms with E-state index in [9.17, 15) is 18.0 Å². The molecule has 3 nitrogen and oxygen atoms in total. The summed E-state index contributed by atoms with van der Waals surface area (Å²) < 4.78 is 39.4. The van der Waals surface area contributed by atoms with Crippen LogP contribution < -0.4 is 11.1 Å². The fourth-order valence-electron chi connectivity index (χ4n) is 1.52. The highest BCUT2D eigenvalue weighted by molar-refractivity contribution is 6.33. The summed E-state index contributed by atoms with van der Waals surface area (Å²) in [6, 6.07) is 4.68. The van der Waals surface area contributed by atoms with Crippen molar-refractivity contribution in [3.63, 3.8) is 0 Å². The molecule has 7 heteroatoms. The molecular weight excluding hydrogens is 293 g/mol. The lowest BCUT2D eigenvalue weighted by molar-refractivity contribution is 0.102. The zero-order valence-corrected chi connectivity index (χ0v) is 10.6. The van der Waals surface area contributed by atoms with Crippen molar-refractivity contribution in [1.82, 2.24) is 0 Å². The van der Waals surface area contributed by atoms with Gasteiger partial charge in [-0.1, -0.05) is 11.6 Å². The van der Waals surface area contributed by atoms with E-state index in [1.54, 1.807) is 0 Å². The van der Waals surface area contributed by atoms with Crippen LogP contribution in [-0.4, -0.2) is 5.91 Å². The topological polar surface area (TPSA) is 55.1 Å². The number of nitrogen functional groups attached to an aromatic ring is 1. The summed E-state index contributed by atoms with van der Waals surface area (Å²) in [5.41, 5.74) is 4.57. The van der Waals surface area contributed by atoms with E-state index in [4.69, 9.17) is 17.3 Å². The second-order valence-corrected chi connectivity index (χ2v) is 4.34. The second-order valence-electron chi connectivity index (χ2n) is 3.93. The van der Waals surface area contributed by atoms with Gasteiger partial charge in [0.05, 0.1) is 22.0 Å². The molecule has 3 N–H and O–H groups in total. The number of nitrogens with two attached hydrogens (primary N) is 1. The standard InChI is InChI=1S/C13H8ClF3N2O/c14-8-3-6(15)1-2-12(8)19-13(20)7-4-11(18)10(17)5-9(7)16/h1-5H,18H2,(H,19,20). The van der Waals surface area contributed by atoms with Crippen molar-refractivity contribution >= 4 is 28.9 Å². The minimum absolute atomic E-state index is 0.0474. The van der Waals surface area contributed by atoms with Crippen molar-refractivity contribution in [2.75, 3.05) is 11.1 Å². The maximum atomic E-state index is 13.5. The van der Waals surface area contributed by atoms with Gasteiger partial charge in [0.15, 0.2) is 0 Å². The number of amides is 1. The molecule has 0 aliphatic heterocycles. The van der Waals surface area contributed by atoms with Crippen LogP contribution in [0, 0.1) is 17.5 Å². The van der Waals surface area contributed by atoms with Gasteiger partial charge in [-0.15, -0.1) is 0 Å². The number of hydrogen-bond acceptors (Lipinski definition) is 2. The fraction of sp³-hybridized carbons (Fsp3) is 0. The van der Waals surface area contributed by atoms with Gasteiger partial charge in [-0.25, -0.2) is 13.2 Å². The summed E-state index contributed by atoms with van der Waals surface area (Å²) >= 11 is 5.72. The monoisotopic (exact) mass is 300 g/mol. The van der Waals surface area contributed by atoms with E-state index in [1.807, 2.05) is 0 Å². The fourth-order valence-corrected chi connectivity index (χ4v) is 1.73. The lowest BCUT2D eigenvalue weighted by Gasteiger charge is -2.09. The molecule has 20 heavy (non-hydrogen) atoms. The lowest BCUT2D eigenvalue weighted by Crippen LogP contribution is -2.15. The Labute approximate surface area is 117 Å². The first-order valence-corrected chi connectivity index (χ1v) is 5.77. The molecule has 0 unspecified atom stereocenters. The van der Waals surface area contributed by atoms with Gasteiger partial charge >= 0.3 is 0 Å². The van der Waals surface area contributed by atoms with Gasteiger partial charge in [-0.05, 0) is 24.3 Å². The molecule has 0 spiro atoms. The number of nitrogens with one attached hydrogen (secondary N) is 1. The molecule has 0 heterocycles. The van der Waals surface area contributed by atoms with E-state index in [2.05, 4.69) is 5.32 Å². The normalized spacial score (nSPS) is 10.4. The Morgan fingerprint density at radius 3 is 2.45 bits per heavy atom. The molecule has 0 saturated carbocycles. The Kier molecular flexibility index (Phi) is 3.85. The van der Waals surface area contributed by atoms with Gasteiger partial charge in [0.2, 0.25) is 0 Å². The summed E-state index contributed by atoms with van der Waals surface area (Å²) in [5, 5.41) is 2.24. The van der Waals surface area contributed by atoms with Gasteiger partial charge in [0, 0.05) is 6.07 Å². The number of benzene rings is 2. The van der Waals surface area contributed by atoms with E-state index in [1.165, 1.54) is 6.07 Å². The largest absolute Gasteiger partial charge is 0.396 e. The summed E-state index contributed by atoms with van der Waals surface area (Å²) in [6.45, 7) is 0. The Morgan fingerprint density at radius 1 is 1.10 bits per heavy atom. The molecule has 2 aromatic carbocycles. The Hall–Kier alpha value is -2.21. The average Bonchev–Trinajstić information content (AvgIpc) is 2.37. The molecule has 104 valence electrons. The Morgan fingerprint density at radius 2 is 1.80 bits per heavy atom. The van der Waals surface area contributed by atoms with Gasteiger partial charge in [-0.3, -0.25) is 4.79 Å². The van der Waals surface area contributed by atoms with Crippen LogP contribution in [0.1, 0.15) is 10.4 Å². The van der Waals surface area contributed by atoms with Crippen molar-refractivity contribution in [3.8, 4) is 0 Å². The van der Waals surface area contributed by atoms with E-state index >= 15 is 0 Å². The Balaban J connectivity index is 2.31. The number of hydrogen-bond donors (Lipinski definition) is 2. The van der Waals surface area contributed by atoms with Crippen LogP contribution in [0.3, 0.4) is 0 Å². The molecule has 2 aromatic rings. The molecule has 0 aliphatic rings. The molecule has 0 fully saturated rings. The van der Waals surface area contributed by atoms with E-state index in [-0.39, 0.29) is 16.4 Å². The first kappa shape index (κ1) is 14.2. The third-order valence-electron chi connectivity index (χ3n) is 2.51. The SMILES string of the molecule is Nc1cc(C(=O)Nc2ccc(F)cc2Cl)c(F)cc1F. The molecular formula is C13H8ClF3N2O. The average molecular weight is 301 g/mol. The zero-order valence-electron chi connectivity index (χ0n) is 9.88. The molecule has 0 radical (unpaired) electrons. The predicted octanol–water partition coefficient (Wildman–Crippen LogP) is 3.59. The molecule has 0 atom stereocenters. The van der Waals surface area contributed by atoms with Crippen LogP contribution in [0.15, 0.2) is 30.3 Å². The summed E-state index contributed by atoms with van der Waals surface area (Å²) in [4.78, 5) is 11.9. The minimum atomic E-state index is -1.06. The zero-order chi connectivity index (χ0) is 14.9. The maximum absolute atomic E-state index is 13.5. The highest BCUT2D eigenvalue weighted by Crippen LogP contribution is 2.24. The number of halogens is 4. The van der Waals surface area contributed by atoms with Crippen LogP contribution in [0.4, 0.5) is 24.5 Å². The maximum Gasteiger partial charge on any atom is 0.258 e. The predicted molar refractivity (Wildman–Crippen MR) is 70.1 cm³/mol. The highest BCUT2D eigenvalue weighted by atomic mass is 35.5. The lowest BCUT2D eigenvalue weighted by atomic mass is 10.1. The Bertz CT molecular complexity index is 692. The van der Waals surface area contributed by atoms with Crippen LogP contribution in [0.25, 0.3) is 0 Å². The molecule has 2 rings (SSSR count). The van der Waals surface area contributed by atoms with E-state index < -0.39 is 28.9 Å². The summed E-state index contributed by atoms with van der Waals surface area (Å²) in [5.74, 6) is -3.47.